The lowest BCUT2D eigenvalue weighted by Gasteiger charge is -2.16. The van der Waals surface area contributed by atoms with E-state index in [0.717, 1.165) is 17.2 Å². The number of nitrogens with zero attached hydrogens (tertiary/aromatic N) is 4. The van der Waals surface area contributed by atoms with Crippen LogP contribution in [0.2, 0.25) is 0 Å². The Morgan fingerprint density at radius 3 is 2.22 bits per heavy atom. The number of hydrogen-bond acceptors (Lipinski definition) is 6. The molecular weight excluding hydrogens is 310 g/mol. The zero-order valence-electron chi connectivity index (χ0n) is 14.0. The van der Waals surface area contributed by atoms with E-state index in [1.807, 2.05) is 40.7 Å². The van der Waals surface area contributed by atoms with E-state index in [2.05, 4.69) is 25.3 Å². The minimum atomic E-state index is -0.134. The van der Waals surface area contributed by atoms with Crippen molar-refractivity contribution in [1.29, 1.82) is 0 Å². The number of nitrogens with one attached hydrogen (secondary N) is 1. The van der Waals surface area contributed by atoms with E-state index < -0.39 is 0 Å². The maximum Gasteiger partial charge on any atom is 0.234 e. The molecule has 0 bridgehead atoms. The van der Waals surface area contributed by atoms with Gasteiger partial charge in [-0.2, -0.15) is 0 Å². The van der Waals surface area contributed by atoms with Gasteiger partial charge in [0.1, 0.15) is 5.82 Å². The normalized spacial score (nSPS) is 11.3. The first kappa shape index (κ1) is 17.3. The van der Waals surface area contributed by atoms with E-state index in [4.69, 9.17) is 0 Å². The minimum Gasteiger partial charge on any atom is -0.323 e. The van der Waals surface area contributed by atoms with Gasteiger partial charge in [0.2, 0.25) is 5.91 Å². The van der Waals surface area contributed by atoms with Gasteiger partial charge in [-0.15, -0.1) is 0 Å². The topological polar surface area (TPSA) is 80.7 Å². The molecule has 0 aliphatic heterocycles. The summed E-state index contributed by atoms with van der Waals surface area (Å²) in [6.07, 6.45) is 3.26. The van der Waals surface area contributed by atoms with Gasteiger partial charge in [0.05, 0.1) is 23.8 Å². The van der Waals surface area contributed by atoms with Gasteiger partial charge in [-0.05, 0) is 19.9 Å². The van der Waals surface area contributed by atoms with Crippen molar-refractivity contribution in [3.05, 3.63) is 35.7 Å². The summed E-state index contributed by atoms with van der Waals surface area (Å²) in [5.74, 6) is 0.850. The largest absolute Gasteiger partial charge is 0.323 e. The van der Waals surface area contributed by atoms with Crippen molar-refractivity contribution in [2.45, 2.75) is 45.2 Å². The van der Waals surface area contributed by atoms with E-state index in [1.165, 1.54) is 11.8 Å². The Labute approximate surface area is 140 Å². The molecule has 7 heteroatoms. The van der Waals surface area contributed by atoms with Crippen molar-refractivity contribution in [2.75, 3.05) is 11.1 Å². The monoisotopic (exact) mass is 331 g/mol. The van der Waals surface area contributed by atoms with Gasteiger partial charge < -0.3 is 5.32 Å². The Hall–Kier alpha value is -2.02. The molecular formula is C16H21N5OS. The molecule has 0 fully saturated rings. The molecule has 1 N–H and O–H groups in total. The van der Waals surface area contributed by atoms with E-state index in [9.17, 15) is 4.79 Å². The van der Waals surface area contributed by atoms with Gasteiger partial charge in [-0.25, -0.2) is 19.9 Å². The van der Waals surface area contributed by atoms with Gasteiger partial charge in [-0.1, -0.05) is 32.5 Å². The molecule has 0 saturated heterocycles. The maximum atomic E-state index is 12.0. The molecule has 0 atom stereocenters. The molecule has 2 aromatic rings. The lowest BCUT2D eigenvalue weighted by atomic mass is 9.96. The zero-order valence-corrected chi connectivity index (χ0v) is 14.9. The SMILES string of the molecule is Cc1cc(C)nc(SCC(=O)Nc2cnc(C(C)(C)C)nc2)n1. The fourth-order valence-electron chi connectivity index (χ4n) is 1.87. The maximum absolute atomic E-state index is 12.0. The molecule has 122 valence electrons. The van der Waals surface area contributed by atoms with Crippen LogP contribution in [-0.4, -0.2) is 31.6 Å². The smallest absolute Gasteiger partial charge is 0.234 e. The van der Waals surface area contributed by atoms with Crippen LogP contribution in [0.4, 0.5) is 5.69 Å². The Balaban J connectivity index is 1.92. The molecule has 0 unspecified atom stereocenters. The predicted octanol–water partition coefficient (Wildman–Crippen LogP) is 2.91. The molecule has 23 heavy (non-hydrogen) atoms. The molecule has 1 amide bonds. The van der Waals surface area contributed by atoms with Crippen molar-refractivity contribution < 1.29 is 4.79 Å². The minimum absolute atomic E-state index is 0.112. The molecule has 0 spiro atoms. The highest BCUT2D eigenvalue weighted by Crippen LogP contribution is 2.18. The van der Waals surface area contributed by atoms with Crippen molar-refractivity contribution in [3.63, 3.8) is 0 Å². The van der Waals surface area contributed by atoms with Crippen molar-refractivity contribution in [2.24, 2.45) is 0 Å². The summed E-state index contributed by atoms with van der Waals surface area (Å²) >= 11 is 1.31. The molecule has 2 rings (SSSR count). The Kier molecular flexibility index (Phi) is 5.30. The first-order chi connectivity index (χ1) is 10.7. The number of carbonyl (C=O) groups excluding carboxylic acids is 1. The lowest BCUT2D eigenvalue weighted by molar-refractivity contribution is -0.113. The van der Waals surface area contributed by atoms with Crippen LogP contribution in [0.3, 0.4) is 0 Å². The van der Waals surface area contributed by atoms with Crippen molar-refractivity contribution in [1.82, 2.24) is 19.9 Å². The van der Waals surface area contributed by atoms with Gasteiger partial charge >= 0.3 is 0 Å². The average molecular weight is 331 g/mol. The third-order valence-electron chi connectivity index (χ3n) is 2.90. The molecule has 0 radical (unpaired) electrons. The van der Waals surface area contributed by atoms with E-state index in [-0.39, 0.29) is 17.1 Å². The fraction of sp³-hybridized carbons (Fsp3) is 0.438. The number of carbonyl (C=O) groups is 1. The first-order valence-corrected chi connectivity index (χ1v) is 8.30. The van der Waals surface area contributed by atoms with E-state index >= 15 is 0 Å². The first-order valence-electron chi connectivity index (χ1n) is 7.31. The second kappa shape index (κ2) is 7.04. The molecule has 0 aromatic carbocycles. The summed E-state index contributed by atoms with van der Waals surface area (Å²) in [5, 5.41) is 3.39. The third kappa shape index (κ3) is 5.28. The number of rotatable bonds is 4. The summed E-state index contributed by atoms with van der Waals surface area (Å²) in [4.78, 5) is 29.2. The predicted molar refractivity (Wildman–Crippen MR) is 91.6 cm³/mol. The van der Waals surface area contributed by atoms with Gasteiger partial charge in [0.15, 0.2) is 5.16 Å². The van der Waals surface area contributed by atoms with Crippen LogP contribution < -0.4 is 5.32 Å². The van der Waals surface area contributed by atoms with Crippen LogP contribution in [-0.2, 0) is 10.2 Å². The molecule has 0 aliphatic rings. The second-order valence-electron chi connectivity index (χ2n) is 6.32. The van der Waals surface area contributed by atoms with Crippen LogP contribution in [0.1, 0.15) is 38.0 Å². The van der Waals surface area contributed by atoms with Gasteiger partial charge in [0, 0.05) is 16.8 Å². The van der Waals surface area contributed by atoms with Crippen LogP contribution >= 0.6 is 11.8 Å². The average Bonchev–Trinajstić information content (AvgIpc) is 2.44. The van der Waals surface area contributed by atoms with E-state index in [1.54, 1.807) is 12.4 Å². The summed E-state index contributed by atoms with van der Waals surface area (Å²) in [6.45, 7) is 9.95. The summed E-state index contributed by atoms with van der Waals surface area (Å²) < 4.78 is 0. The summed E-state index contributed by atoms with van der Waals surface area (Å²) in [6, 6.07) is 1.90. The number of hydrogen-bond donors (Lipinski definition) is 1. The number of amides is 1. The quantitative estimate of drug-likeness (QED) is 0.685. The second-order valence-corrected chi connectivity index (χ2v) is 7.26. The molecule has 2 aromatic heterocycles. The Bertz CT molecular complexity index is 674. The summed E-state index contributed by atoms with van der Waals surface area (Å²) in [5.41, 5.74) is 2.27. The Morgan fingerprint density at radius 1 is 1.13 bits per heavy atom. The number of aromatic nitrogens is 4. The standard InChI is InChI=1S/C16H21N5OS/c1-10-6-11(2)20-15(19-10)23-9-13(22)21-12-7-17-14(18-8-12)16(3,4)5/h6-8H,9H2,1-5H3,(H,21,22). The molecule has 0 aliphatic carbocycles. The number of anilines is 1. The highest BCUT2D eigenvalue weighted by atomic mass is 32.2. The van der Waals surface area contributed by atoms with Crippen LogP contribution in [0.15, 0.2) is 23.6 Å². The lowest BCUT2D eigenvalue weighted by Crippen LogP contribution is -2.18. The number of thioether (sulfide) groups is 1. The van der Waals surface area contributed by atoms with Crippen molar-refractivity contribution in [3.8, 4) is 0 Å². The van der Waals surface area contributed by atoms with Crippen molar-refractivity contribution >= 4 is 23.4 Å². The van der Waals surface area contributed by atoms with E-state index in [0.29, 0.717) is 10.8 Å². The van der Waals surface area contributed by atoms with Crippen LogP contribution in [0.25, 0.3) is 0 Å². The molecule has 0 saturated carbocycles. The van der Waals surface area contributed by atoms with Crippen LogP contribution in [0, 0.1) is 13.8 Å². The van der Waals surface area contributed by atoms with Gasteiger partial charge in [-0.3, -0.25) is 4.79 Å². The fourth-order valence-corrected chi connectivity index (χ4v) is 2.61. The summed E-state index contributed by atoms with van der Waals surface area (Å²) in [7, 11) is 0. The molecule has 2 heterocycles. The highest BCUT2D eigenvalue weighted by molar-refractivity contribution is 7.99. The van der Waals surface area contributed by atoms with Crippen LogP contribution in [0.5, 0.6) is 0 Å². The zero-order chi connectivity index (χ0) is 17.0. The van der Waals surface area contributed by atoms with Gasteiger partial charge in [0.25, 0.3) is 0 Å². The third-order valence-corrected chi connectivity index (χ3v) is 3.75. The highest BCUT2D eigenvalue weighted by Gasteiger charge is 2.17. The Morgan fingerprint density at radius 2 is 1.70 bits per heavy atom. The molecule has 6 nitrogen and oxygen atoms in total. The number of aryl methyl sites for hydroxylation is 2.